The van der Waals surface area contributed by atoms with E-state index in [1.165, 1.54) is 6.07 Å². The maximum absolute atomic E-state index is 13.2. The highest BCUT2D eigenvalue weighted by molar-refractivity contribution is 7.89. The number of sulfonamides is 1. The molecule has 3 rings (SSSR count). The molecule has 0 unspecified atom stereocenters. The van der Waals surface area contributed by atoms with Crippen LogP contribution in [-0.2, 0) is 14.8 Å². The molecule has 1 aliphatic heterocycles. The molecule has 0 amide bonds. The minimum atomic E-state index is -3.58. The molecule has 2 aliphatic rings. The molecule has 1 aliphatic carbocycles. The fourth-order valence-electron chi connectivity index (χ4n) is 4.32. The summed E-state index contributed by atoms with van der Waals surface area (Å²) in [7, 11) is -1.84. The highest BCUT2D eigenvalue weighted by Crippen LogP contribution is 2.47. The number of methoxy groups -OCH3 is 1. The van der Waals surface area contributed by atoms with Gasteiger partial charge in [0.15, 0.2) is 0 Å². The van der Waals surface area contributed by atoms with E-state index in [0.29, 0.717) is 30.5 Å². The molecule has 2 atom stereocenters. The summed E-state index contributed by atoms with van der Waals surface area (Å²) >= 11 is 6.10. The van der Waals surface area contributed by atoms with Crippen molar-refractivity contribution in [2.24, 2.45) is 5.41 Å². The molecule has 1 aromatic rings. The van der Waals surface area contributed by atoms with Gasteiger partial charge in [0.05, 0.1) is 22.6 Å². The van der Waals surface area contributed by atoms with Crippen molar-refractivity contribution in [3.63, 3.8) is 0 Å². The summed E-state index contributed by atoms with van der Waals surface area (Å²) in [5.41, 5.74) is -0.0464. The molecular weight excluding hydrogens is 362 g/mol. The molecule has 1 heterocycles. The number of hydrogen-bond acceptors (Lipinski definition) is 4. The molecule has 7 heteroatoms. The minimum absolute atomic E-state index is 0.0464. The van der Waals surface area contributed by atoms with E-state index in [1.807, 2.05) is 6.92 Å². The second-order valence-corrected chi connectivity index (χ2v) is 9.29. The highest BCUT2D eigenvalue weighted by atomic mass is 35.5. The van der Waals surface area contributed by atoms with E-state index in [1.54, 1.807) is 23.5 Å². The van der Waals surface area contributed by atoms with Gasteiger partial charge in [0.1, 0.15) is 5.75 Å². The summed E-state index contributed by atoms with van der Waals surface area (Å²) in [6, 6.07) is 4.68. The zero-order chi connectivity index (χ0) is 18.1. The third-order valence-corrected chi connectivity index (χ3v) is 7.68. The molecule has 1 saturated carbocycles. The molecule has 5 nitrogen and oxygen atoms in total. The van der Waals surface area contributed by atoms with E-state index >= 15 is 0 Å². The number of halogens is 1. The van der Waals surface area contributed by atoms with Crippen LogP contribution in [-0.4, -0.2) is 45.6 Å². The molecule has 2 fully saturated rings. The summed E-state index contributed by atoms with van der Waals surface area (Å²) in [4.78, 5) is 0.240. The Morgan fingerprint density at radius 2 is 2.08 bits per heavy atom. The number of nitrogens with zero attached hydrogens (tertiary/aromatic N) is 1. The van der Waals surface area contributed by atoms with Crippen LogP contribution >= 0.6 is 11.6 Å². The quantitative estimate of drug-likeness (QED) is 0.772. The van der Waals surface area contributed by atoms with Crippen LogP contribution < -0.4 is 4.74 Å². The molecule has 140 valence electrons. The molecule has 1 saturated heterocycles. The van der Waals surface area contributed by atoms with Crippen LogP contribution in [0.4, 0.5) is 0 Å². The smallest absolute Gasteiger partial charge is 0.243 e. The second kappa shape index (κ2) is 7.43. The lowest BCUT2D eigenvalue weighted by atomic mass is 9.77. The van der Waals surface area contributed by atoms with Gasteiger partial charge in [-0.3, -0.25) is 0 Å². The van der Waals surface area contributed by atoms with E-state index in [0.717, 1.165) is 32.1 Å². The molecule has 0 bridgehead atoms. The van der Waals surface area contributed by atoms with E-state index in [4.69, 9.17) is 21.1 Å². The third-order valence-electron chi connectivity index (χ3n) is 5.52. The molecular formula is C18H26ClNO4S. The molecule has 0 N–H and O–H groups in total. The average molecular weight is 388 g/mol. The number of ether oxygens (including phenoxy) is 2. The van der Waals surface area contributed by atoms with Crippen LogP contribution in [0.2, 0.25) is 5.02 Å². The van der Waals surface area contributed by atoms with Crippen LogP contribution in [0, 0.1) is 5.41 Å². The van der Waals surface area contributed by atoms with Crippen molar-refractivity contribution in [3.8, 4) is 5.75 Å². The van der Waals surface area contributed by atoms with Gasteiger partial charge in [-0.2, -0.15) is 4.31 Å². The average Bonchev–Trinajstić information content (AvgIpc) is 2.98. The Bertz CT molecular complexity index is 724. The van der Waals surface area contributed by atoms with Crippen molar-refractivity contribution in [2.75, 3.05) is 26.8 Å². The van der Waals surface area contributed by atoms with Crippen molar-refractivity contribution in [3.05, 3.63) is 23.2 Å². The number of benzene rings is 1. The Balaban J connectivity index is 1.88. The van der Waals surface area contributed by atoms with Gasteiger partial charge in [-0.1, -0.05) is 18.0 Å². The Hall–Kier alpha value is -0.820. The van der Waals surface area contributed by atoms with Crippen molar-refractivity contribution in [1.82, 2.24) is 4.31 Å². The van der Waals surface area contributed by atoms with Crippen LogP contribution in [0.5, 0.6) is 5.75 Å². The Kier molecular flexibility index (Phi) is 5.63. The monoisotopic (exact) mass is 387 g/mol. The van der Waals surface area contributed by atoms with Crippen molar-refractivity contribution < 1.29 is 17.9 Å². The molecule has 1 spiro atoms. The van der Waals surface area contributed by atoms with Gasteiger partial charge >= 0.3 is 0 Å². The Morgan fingerprint density at radius 1 is 1.32 bits per heavy atom. The number of piperidine rings is 1. The van der Waals surface area contributed by atoms with Crippen molar-refractivity contribution in [1.29, 1.82) is 0 Å². The van der Waals surface area contributed by atoms with Gasteiger partial charge in [0.2, 0.25) is 10.0 Å². The summed E-state index contributed by atoms with van der Waals surface area (Å²) in [6.07, 6.45) is 5.19. The van der Waals surface area contributed by atoms with Gasteiger partial charge in [0.25, 0.3) is 0 Å². The predicted octanol–water partition coefficient (Wildman–Crippen LogP) is 3.71. The number of hydrogen-bond donors (Lipinski definition) is 0. The normalized spacial score (nSPS) is 27.7. The van der Waals surface area contributed by atoms with Crippen LogP contribution in [0.15, 0.2) is 23.1 Å². The second-order valence-electron chi connectivity index (χ2n) is 6.95. The van der Waals surface area contributed by atoms with Gasteiger partial charge in [-0.15, -0.1) is 0 Å². The van der Waals surface area contributed by atoms with E-state index < -0.39 is 10.0 Å². The number of rotatable bonds is 5. The maximum Gasteiger partial charge on any atom is 0.243 e. The SMILES string of the molecule is CCOc1cc(S(=O)(=O)N2CCC[C@]3(CCC[C@H]3OC)C2)ccc1Cl. The zero-order valence-corrected chi connectivity index (χ0v) is 16.4. The van der Waals surface area contributed by atoms with Crippen molar-refractivity contribution in [2.45, 2.75) is 50.0 Å². The first-order chi connectivity index (χ1) is 11.9. The summed E-state index contributed by atoms with van der Waals surface area (Å²) in [6.45, 7) is 3.36. The van der Waals surface area contributed by atoms with Crippen LogP contribution in [0.3, 0.4) is 0 Å². The summed E-state index contributed by atoms with van der Waals surface area (Å²) < 4.78 is 39.1. The lowest BCUT2D eigenvalue weighted by molar-refractivity contribution is -0.0184. The minimum Gasteiger partial charge on any atom is -0.492 e. The first-order valence-corrected chi connectivity index (χ1v) is 10.7. The van der Waals surface area contributed by atoms with E-state index in [-0.39, 0.29) is 16.4 Å². The van der Waals surface area contributed by atoms with Gasteiger partial charge in [0, 0.05) is 31.7 Å². The molecule has 25 heavy (non-hydrogen) atoms. The summed E-state index contributed by atoms with van der Waals surface area (Å²) in [5.74, 6) is 0.410. The standard InChI is InChI=1S/C18H26ClNO4S/c1-3-24-16-12-14(7-8-15(16)19)25(21,22)20-11-5-10-18(13-20)9-4-6-17(18)23-2/h7-8,12,17H,3-6,9-11,13H2,1-2H3/t17-,18-/m1/s1. The van der Waals surface area contributed by atoms with Gasteiger partial charge in [-0.05, 0) is 44.7 Å². The van der Waals surface area contributed by atoms with Crippen molar-refractivity contribution >= 4 is 21.6 Å². The maximum atomic E-state index is 13.2. The first kappa shape index (κ1) is 19.0. The lowest BCUT2D eigenvalue weighted by Gasteiger charge is -2.43. The molecule has 0 aromatic heterocycles. The molecule has 0 radical (unpaired) electrons. The van der Waals surface area contributed by atoms with E-state index in [2.05, 4.69) is 0 Å². The Morgan fingerprint density at radius 3 is 2.80 bits per heavy atom. The van der Waals surface area contributed by atoms with Crippen LogP contribution in [0.1, 0.15) is 39.0 Å². The summed E-state index contributed by atoms with van der Waals surface area (Å²) in [5, 5.41) is 0.422. The Labute approximate surface area is 155 Å². The third kappa shape index (κ3) is 3.54. The van der Waals surface area contributed by atoms with Gasteiger partial charge < -0.3 is 9.47 Å². The molecule has 1 aromatic carbocycles. The fraction of sp³-hybridized carbons (Fsp3) is 0.667. The zero-order valence-electron chi connectivity index (χ0n) is 14.8. The fourth-order valence-corrected chi connectivity index (χ4v) is 6.09. The predicted molar refractivity (Wildman–Crippen MR) is 97.7 cm³/mol. The topological polar surface area (TPSA) is 55.8 Å². The highest BCUT2D eigenvalue weighted by Gasteiger charge is 2.48. The van der Waals surface area contributed by atoms with Crippen LogP contribution in [0.25, 0.3) is 0 Å². The largest absolute Gasteiger partial charge is 0.492 e. The van der Waals surface area contributed by atoms with Gasteiger partial charge in [-0.25, -0.2) is 8.42 Å². The lowest BCUT2D eigenvalue weighted by Crippen LogP contribution is -2.49. The van der Waals surface area contributed by atoms with E-state index in [9.17, 15) is 8.42 Å². The first-order valence-electron chi connectivity index (χ1n) is 8.88.